The average molecular weight is 239 g/mol. The lowest BCUT2D eigenvalue weighted by atomic mass is 9.86. The third kappa shape index (κ3) is 3.36. The molecule has 0 saturated heterocycles. The van der Waals surface area contributed by atoms with Crippen molar-refractivity contribution >= 4 is 5.78 Å². The largest absolute Gasteiger partial charge is 0.385 e. The fraction of sp³-hybridized carbons (Fsp3) is 0.750. The number of hydrogen-bond donors (Lipinski definition) is 1. The van der Waals surface area contributed by atoms with Crippen LogP contribution in [0.2, 0.25) is 0 Å². The Balaban J connectivity index is 2.78. The third-order valence-corrected chi connectivity index (χ3v) is 2.59. The zero-order valence-corrected chi connectivity index (χ0v) is 11.1. The summed E-state index contributed by atoms with van der Waals surface area (Å²) in [5.41, 5.74) is -0.445. The Morgan fingerprint density at radius 3 is 2.53 bits per heavy atom. The molecule has 1 unspecified atom stereocenters. The molecule has 0 radical (unpaired) electrons. The lowest BCUT2D eigenvalue weighted by Gasteiger charge is -2.24. The molecule has 0 aliphatic rings. The van der Waals surface area contributed by atoms with E-state index in [0.29, 0.717) is 5.82 Å². The van der Waals surface area contributed by atoms with E-state index in [0.717, 1.165) is 0 Å². The van der Waals surface area contributed by atoms with Gasteiger partial charge in [0.1, 0.15) is 18.3 Å². The van der Waals surface area contributed by atoms with Crippen molar-refractivity contribution in [2.75, 3.05) is 0 Å². The number of aliphatic hydroxyl groups excluding tert-OH is 1. The van der Waals surface area contributed by atoms with Gasteiger partial charge in [0.05, 0.1) is 6.42 Å². The number of nitrogens with zero attached hydrogens (tertiary/aromatic N) is 3. The van der Waals surface area contributed by atoms with Crippen molar-refractivity contribution in [1.29, 1.82) is 0 Å². The summed E-state index contributed by atoms with van der Waals surface area (Å²) in [4.78, 5) is 16.0. The van der Waals surface area contributed by atoms with Crippen LogP contribution < -0.4 is 0 Å². The van der Waals surface area contributed by atoms with E-state index < -0.39 is 11.5 Å². The van der Waals surface area contributed by atoms with E-state index in [-0.39, 0.29) is 18.2 Å². The molecule has 5 heteroatoms. The highest BCUT2D eigenvalue weighted by Gasteiger charge is 2.29. The summed E-state index contributed by atoms with van der Waals surface area (Å²) >= 11 is 0. The van der Waals surface area contributed by atoms with Gasteiger partial charge in [-0.15, -0.1) is 0 Å². The molecule has 0 fully saturated rings. The van der Waals surface area contributed by atoms with Gasteiger partial charge in [0, 0.05) is 6.04 Å². The second kappa shape index (κ2) is 4.96. The van der Waals surface area contributed by atoms with Crippen molar-refractivity contribution in [3.05, 3.63) is 12.2 Å². The van der Waals surface area contributed by atoms with Crippen LogP contribution in [0, 0.1) is 5.41 Å². The molecule has 0 aliphatic heterocycles. The molecule has 1 heterocycles. The van der Waals surface area contributed by atoms with Crippen molar-refractivity contribution < 1.29 is 9.90 Å². The van der Waals surface area contributed by atoms with Gasteiger partial charge in [-0.2, -0.15) is 5.10 Å². The number of aromatic nitrogens is 3. The molecule has 0 aliphatic carbocycles. The maximum absolute atomic E-state index is 11.9. The Kier molecular flexibility index (Phi) is 4.03. The number of aliphatic hydroxyl groups is 1. The molecule has 1 aromatic heterocycles. The van der Waals surface area contributed by atoms with Crippen molar-refractivity contribution in [3.8, 4) is 0 Å². The van der Waals surface area contributed by atoms with Crippen LogP contribution in [0.25, 0.3) is 0 Å². The molecule has 0 saturated carbocycles. The van der Waals surface area contributed by atoms with Gasteiger partial charge in [0.15, 0.2) is 5.78 Å². The molecular weight excluding hydrogens is 218 g/mol. The van der Waals surface area contributed by atoms with Crippen LogP contribution in [0.3, 0.4) is 0 Å². The average Bonchev–Trinajstić information content (AvgIpc) is 2.63. The van der Waals surface area contributed by atoms with Crippen LogP contribution in [-0.4, -0.2) is 31.8 Å². The molecule has 96 valence electrons. The van der Waals surface area contributed by atoms with E-state index in [1.807, 2.05) is 34.6 Å². The number of carbonyl (C=O) groups is 1. The normalized spacial score (nSPS) is 14.1. The molecule has 1 N–H and O–H groups in total. The quantitative estimate of drug-likeness (QED) is 0.861. The molecule has 0 bridgehead atoms. The van der Waals surface area contributed by atoms with Crippen molar-refractivity contribution in [2.24, 2.45) is 5.41 Å². The topological polar surface area (TPSA) is 68.0 Å². The fourth-order valence-electron chi connectivity index (χ4n) is 1.57. The first-order chi connectivity index (χ1) is 7.73. The molecule has 1 rings (SSSR count). The Hall–Kier alpha value is -1.23. The summed E-state index contributed by atoms with van der Waals surface area (Å²) < 4.78 is 1.70. The highest BCUT2D eigenvalue weighted by atomic mass is 16.3. The highest BCUT2D eigenvalue weighted by Crippen LogP contribution is 2.21. The summed E-state index contributed by atoms with van der Waals surface area (Å²) in [6.45, 7) is 9.46. The Labute approximate surface area is 102 Å². The SMILES string of the molecule is CC(C)n1ncnc1CC(=O)C(O)C(C)(C)C. The van der Waals surface area contributed by atoms with Crippen molar-refractivity contribution in [1.82, 2.24) is 14.8 Å². The van der Waals surface area contributed by atoms with Crippen LogP contribution in [0.4, 0.5) is 0 Å². The van der Waals surface area contributed by atoms with Gasteiger partial charge in [-0.05, 0) is 19.3 Å². The minimum atomic E-state index is -0.972. The van der Waals surface area contributed by atoms with Crippen LogP contribution >= 0.6 is 0 Å². The fourth-order valence-corrected chi connectivity index (χ4v) is 1.57. The van der Waals surface area contributed by atoms with Crippen LogP contribution in [0.5, 0.6) is 0 Å². The maximum atomic E-state index is 11.9. The van der Waals surface area contributed by atoms with Gasteiger partial charge in [-0.3, -0.25) is 4.79 Å². The molecular formula is C12H21N3O2. The summed E-state index contributed by atoms with van der Waals surface area (Å²) in [7, 11) is 0. The molecule has 0 spiro atoms. The van der Waals surface area contributed by atoms with Gasteiger partial charge < -0.3 is 5.11 Å². The van der Waals surface area contributed by atoms with Gasteiger partial charge in [-0.25, -0.2) is 9.67 Å². The zero-order chi connectivity index (χ0) is 13.2. The first-order valence-electron chi connectivity index (χ1n) is 5.82. The van der Waals surface area contributed by atoms with Crippen LogP contribution in [-0.2, 0) is 11.2 Å². The maximum Gasteiger partial charge on any atom is 0.169 e. The second-order valence-electron chi connectivity index (χ2n) is 5.63. The molecule has 5 nitrogen and oxygen atoms in total. The smallest absolute Gasteiger partial charge is 0.169 e. The van der Waals surface area contributed by atoms with Gasteiger partial charge in [0.2, 0.25) is 0 Å². The second-order valence-corrected chi connectivity index (χ2v) is 5.63. The number of carbonyl (C=O) groups excluding carboxylic acids is 1. The van der Waals surface area contributed by atoms with Crippen molar-refractivity contribution in [3.63, 3.8) is 0 Å². The highest BCUT2D eigenvalue weighted by molar-refractivity contribution is 5.85. The minimum absolute atomic E-state index is 0.122. The Morgan fingerprint density at radius 1 is 1.47 bits per heavy atom. The van der Waals surface area contributed by atoms with Gasteiger partial charge in [0.25, 0.3) is 0 Å². The van der Waals surface area contributed by atoms with Crippen molar-refractivity contribution in [2.45, 2.75) is 53.2 Å². The number of ketones is 1. The predicted octanol–water partition coefficient (Wildman–Crippen LogP) is 1.38. The summed E-state index contributed by atoms with van der Waals surface area (Å²) in [6, 6.07) is 0.159. The Bertz CT molecular complexity index is 391. The lowest BCUT2D eigenvalue weighted by Crippen LogP contribution is -2.35. The van der Waals surface area contributed by atoms with E-state index in [1.165, 1.54) is 6.33 Å². The molecule has 1 atom stereocenters. The Morgan fingerprint density at radius 2 is 2.06 bits per heavy atom. The van der Waals surface area contributed by atoms with E-state index in [2.05, 4.69) is 10.1 Å². The summed E-state index contributed by atoms with van der Waals surface area (Å²) in [5, 5.41) is 13.9. The van der Waals surface area contributed by atoms with Gasteiger partial charge >= 0.3 is 0 Å². The van der Waals surface area contributed by atoms with E-state index in [4.69, 9.17) is 0 Å². The molecule has 1 aromatic rings. The number of hydrogen-bond acceptors (Lipinski definition) is 4. The lowest BCUT2D eigenvalue weighted by molar-refractivity contribution is -0.131. The van der Waals surface area contributed by atoms with E-state index >= 15 is 0 Å². The zero-order valence-electron chi connectivity index (χ0n) is 11.1. The molecule has 0 amide bonds. The number of Topliss-reactive ketones (excluding diaryl/α,β-unsaturated/α-hetero) is 1. The summed E-state index contributed by atoms with van der Waals surface area (Å²) in [6.07, 6.45) is 0.586. The van der Waals surface area contributed by atoms with E-state index in [9.17, 15) is 9.90 Å². The molecule has 17 heavy (non-hydrogen) atoms. The minimum Gasteiger partial charge on any atom is -0.385 e. The monoisotopic (exact) mass is 239 g/mol. The standard InChI is InChI=1S/C12H21N3O2/c1-8(2)15-10(13-7-14-15)6-9(16)11(17)12(3,4)5/h7-8,11,17H,6H2,1-5H3. The van der Waals surface area contributed by atoms with E-state index in [1.54, 1.807) is 4.68 Å². The third-order valence-electron chi connectivity index (χ3n) is 2.59. The number of rotatable bonds is 4. The predicted molar refractivity (Wildman–Crippen MR) is 64.6 cm³/mol. The summed E-state index contributed by atoms with van der Waals surface area (Å²) in [5.74, 6) is 0.390. The van der Waals surface area contributed by atoms with Gasteiger partial charge in [-0.1, -0.05) is 20.8 Å². The molecule has 0 aromatic carbocycles. The van der Waals surface area contributed by atoms with Crippen LogP contribution in [0.1, 0.15) is 46.5 Å². The van der Waals surface area contributed by atoms with Crippen LogP contribution in [0.15, 0.2) is 6.33 Å². The first-order valence-corrected chi connectivity index (χ1v) is 5.82. The first kappa shape index (κ1) is 13.8.